The first-order chi connectivity index (χ1) is 17.8. The van der Waals surface area contributed by atoms with E-state index in [1.165, 1.54) is 24.8 Å². The second kappa shape index (κ2) is 12.7. The van der Waals surface area contributed by atoms with Crippen molar-refractivity contribution in [3.63, 3.8) is 0 Å². The maximum atomic E-state index is 13.7. The number of rotatable bonds is 7. The van der Waals surface area contributed by atoms with E-state index in [9.17, 15) is 19.7 Å². The number of dihydropyridines is 1. The number of nitro benzene ring substituents is 1. The molecule has 1 unspecified atom stereocenters. The summed E-state index contributed by atoms with van der Waals surface area (Å²) in [4.78, 5) is 39.7. The summed E-state index contributed by atoms with van der Waals surface area (Å²) in [6.45, 7) is 5.73. The number of nitrogens with zero attached hydrogens (tertiary/aromatic N) is 2. The Bertz CT molecular complexity index is 1260. The van der Waals surface area contributed by atoms with Crippen molar-refractivity contribution in [1.82, 2.24) is 10.2 Å². The molecule has 1 saturated heterocycles. The van der Waals surface area contributed by atoms with Gasteiger partial charge in [-0.1, -0.05) is 42.5 Å². The van der Waals surface area contributed by atoms with E-state index in [0.717, 1.165) is 25.9 Å². The van der Waals surface area contributed by atoms with E-state index >= 15 is 0 Å². The maximum absolute atomic E-state index is 13.7. The van der Waals surface area contributed by atoms with Crippen molar-refractivity contribution in [2.45, 2.75) is 45.3 Å². The standard InChI is InChI=1S/C28H31N3O6.ClH/c1-18-24(27(32)36-3)26(21-11-7-12-22(15-21)31(34)35)25(19(2)29-18)28(33)37-23-13-8-14-30(17-23)16-20-9-5-4-6-10-20;/h4-7,9-12,15,23,26,29H,8,13-14,16-17H2,1-3H3;1H/t23-,26?;/m0./s1. The SMILES string of the molecule is COC(=O)C1=C(C)NC(C)=C(C(=O)O[C@H]2CCCN(Cc3ccccc3)C2)C1c1cccc([N+](=O)[O-])c1.Cl. The Morgan fingerprint density at radius 1 is 1.05 bits per heavy atom. The van der Waals surface area contributed by atoms with Gasteiger partial charge in [0.2, 0.25) is 0 Å². The maximum Gasteiger partial charge on any atom is 0.337 e. The number of esters is 2. The molecule has 0 aromatic heterocycles. The Kier molecular flexibility index (Phi) is 9.66. The van der Waals surface area contributed by atoms with Gasteiger partial charge in [0.1, 0.15) is 6.10 Å². The number of allylic oxidation sites excluding steroid dienone is 2. The summed E-state index contributed by atoms with van der Waals surface area (Å²) in [5.74, 6) is -2.04. The number of benzene rings is 2. The van der Waals surface area contributed by atoms with Gasteiger partial charge in [-0.05, 0) is 44.4 Å². The van der Waals surface area contributed by atoms with Crippen LogP contribution in [-0.4, -0.2) is 48.1 Å². The highest BCUT2D eigenvalue weighted by Gasteiger charge is 2.39. The lowest BCUT2D eigenvalue weighted by Crippen LogP contribution is -2.41. The van der Waals surface area contributed by atoms with Crippen LogP contribution in [0.5, 0.6) is 0 Å². The van der Waals surface area contributed by atoms with Crippen molar-refractivity contribution >= 4 is 30.0 Å². The van der Waals surface area contributed by atoms with Gasteiger partial charge in [0, 0.05) is 36.6 Å². The van der Waals surface area contributed by atoms with Crippen LogP contribution in [-0.2, 0) is 25.6 Å². The molecule has 1 fully saturated rings. The average molecular weight is 542 g/mol. The highest BCUT2D eigenvalue weighted by atomic mass is 35.5. The van der Waals surface area contributed by atoms with Crippen molar-refractivity contribution in [2.24, 2.45) is 0 Å². The summed E-state index contributed by atoms with van der Waals surface area (Å²) in [6.07, 6.45) is 1.31. The largest absolute Gasteiger partial charge is 0.466 e. The fourth-order valence-corrected chi connectivity index (χ4v) is 5.11. The molecule has 0 aliphatic carbocycles. The Morgan fingerprint density at radius 3 is 2.39 bits per heavy atom. The van der Waals surface area contributed by atoms with Crippen LogP contribution >= 0.6 is 12.4 Å². The van der Waals surface area contributed by atoms with Gasteiger partial charge in [0.25, 0.3) is 5.69 Å². The van der Waals surface area contributed by atoms with Crippen molar-refractivity contribution in [3.05, 3.63) is 98.4 Å². The molecule has 1 N–H and O–H groups in total. The van der Waals surface area contributed by atoms with Gasteiger partial charge >= 0.3 is 11.9 Å². The minimum absolute atomic E-state index is 0. The normalized spacial score (nSPS) is 19.8. The lowest BCUT2D eigenvalue weighted by Gasteiger charge is -2.34. The third-order valence-corrected chi connectivity index (χ3v) is 6.78. The molecule has 2 aromatic rings. The second-order valence-electron chi connectivity index (χ2n) is 9.37. The third-order valence-electron chi connectivity index (χ3n) is 6.78. The van der Waals surface area contributed by atoms with Gasteiger partial charge in [0.05, 0.1) is 29.1 Å². The van der Waals surface area contributed by atoms with Crippen molar-refractivity contribution in [3.8, 4) is 0 Å². The number of likely N-dealkylation sites (tertiary alicyclic amines) is 1. The van der Waals surface area contributed by atoms with E-state index in [0.29, 0.717) is 23.5 Å². The van der Waals surface area contributed by atoms with Crippen molar-refractivity contribution < 1.29 is 24.0 Å². The number of carbonyl (C=O) groups is 2. The molecule has 0 bridgehead atoms. The van der Waals surface area contributed by atoms with E-state index in [-0.39, 0.29) is 35.3 Å². The third kappa shape index (κ3) is 6.41. The zero-order chi connectivity index (χ0) is 26.5. The summed E-state index contributed by atoms with van der Waals surface area (Å²) in [5, 5.41) is 14.6. The van der Waals surface area contributed by atoms with Gasteiger partial charge in [-0.25, -0.2) is 9.59 Å². The van der Waals surface area contributed by atoms with E-state index in [2.05, 4.69) is 22.3 Å². The first-order valence-electron chi connectivity index (χ1n) is 12.3. The van der Waals surface area contributed by atoms with Crippen LogP contribution in [0.25, 0.3) is 0 Å². The zero-order valence-corrected chi connectivity index (χ0v) is 22.5. The lowest BCUT2D eigenvalue weighted by molar-refractivity contribution is -0.384. The molecule has 38 heavy (non-hydrogen) atoms. The lowest BCUT2D eigenvalue weighted by atomic mass is 9.80. The van der Waals surface area contributed by atoms with Gasteiger partial charge in [-0.3, -0.25) is 15.0 Å². The molecule has 2 atom stereocenters. The summed E-state index contributed by atoms with van der Waals surface area (Å²) < 4.78 is 11.0. The highest BCUT2D eigenvalue weighted by Crippen LogP contribution is 2.40. The Balaban J connectivity index is 0.00000400. The average Bonchev–Trinajstić information content (AvgIpc) is 2.88. The van der Waals surface area contributed by atoms with Crippen LogP contribution in [0.3, 0.4) is 0 Å². The number of nitro groups is 1. The molecule has 0 amide bonds. The molecule has 2 aromatic carbocycles. The fourth-order valence-electron chi connectivity index (χ4n) is 5.11. The van der Waals surface area contributed by atoms with Crippen LogP contribution < -0.4 is 5.32 Å². The molecule has 202 valence electrons. The minimum atomic E-state index is -0.870. The molecule has 2 aliphatic heterocycles. The number of nitrogens with one attached hydrogen (secondary N) is 1. The Morgan fingerprint density at radius 2 is 1.74 bits per heavy atom. The van der Waals surface area contributed by atoms with Gasteiger partial charge in [-0.2, -0.15) is 0 Å². The van der Waals surface area contributed by atoms with Crippen LogP contribution in [0, 0.1) is 10.1 Å². The number of ether oxygens (including phenoxy) is 2. The number of non-ortho nitro benzene ring substituents is 1. The first kappa shape index (κ1) is 28.9. The number of hydrogen-bond donors (Lipinski definition) is 1. The number of carbonyl (C=O) groups excluding carboxylic acids is 2. The Hall–Kier alpha value is -3.69. The van der Waals surface area contributed by atoms with Crippen LogP contribution in [0.2, 0.25) is 0 Å². The van der Waals surface area contributed by atoms with Crippen molar-refractivity contribution in [1.29, 1.82) is 0 Å². The van der Waals surface area contributed by atoms with E-state index in [4.69, 9.17) is 9.47 Å². The topological polar surface area (TPSA) is 111 Å². The van der Waals surface area contributed by atoms with Crippen LogP contribution in [0.4, 0.5) is 5.69 Å². The monoisotopic (exact) mass is 541 g/mol. The van der Waals surface area contributed by atoms with E-state index in [1.807, 2.05) is 18.2 Å². The molecular formula is C28H32ClN3O6. The first-order valence-corrected chi connectivity index (χ1v) is 12.3. The smallest absolute Gasteiger partial charge is 0.337 e. The molecular weight excluding hydrogens is 510 g/mol. The van der Waals surface area contributed by atoms with E-state index < -0.39 is 22.8 Å². The molecule has 2 aliphatic rings. The van der Waals surface area contributed by atoms with Gasteiger partial charge < -0.3 is 14.8 Å². The van der Waals surface area contributed by atoms with E-state index in [1.54, 1.807) is 26.0 Å². The fraction of sp³-hybridized carbons (Fsp3) is 0.357. The number of halogens is 1. The molecule has 4 rings (SSSR count). The highest BCUT2D eigenvalue weighted by molar-refractivity contribution is 6.00. The predicted molar refractivity (Wildman–Crippen MR) is 144 cm³/mol. The van der Waals surface area contributed by atoms with Gasteiger partial charge in [0.15, 0.2) is 0 Å². The Labute approximate surface area is 228 Å². The molecule has 0 spiro atoms. The molecule has 10 heteroatoms. The van der Waals surface area contributed by atoms with Gasteiger partial charge in [-0.15, -0.1) is 12.4 Å². The summed E-state index contributed by atoms with van der Waals surface area (Å²) in [5.41, 5.74) is 3.01. The number of piperidine rings is 1. The summed E-state index contributed by atoms with van der Waals surface area (Å²) in [7, 11) is 1.26. The molecule has 9 nitrogen and oxygen atoms in total. The number of methoxy groups -OCH3 is 1. The summed E-state index contributed by atoms with van der Waals surface area (Å²) in [6, 6.07) is 16.1. The molecule has 0 saturated carbocycles. The minimum Gasteiger partial charge on any atom is -0.466 e. The molecule has 0 radical (unpaired) electrons. The quantitative estimate of drug-likeness (QED) is 0.307. The zero-order valence-electron chi connectivity index (χ0n) is 21.6. The van der Waals surface area contributed by atoms with Crippen molar-refractivity contribution in [2.75, 3.05) is 20.2 Å². The summed E-state index contributed by atoms with van der Waals surface area (Å²) >= 11 is 0. The van der Waals surface area contributed by atoms with Crippen LogP contribution in [0.1, 0.15) is 43.7 Å². The second-order valence-corrected chi connectivity index (χ2v) is 9.37. The molecule has 2 heterocycles. The predicted octanol–water partition coefficient (Wildman–Crippen LogP) is 4.63. The van der Waals surface area contributed by atoms with Crippen LogP contribution in [0.15, 0.2) is 77.1 Å². The number of hydrogen-bond acceptors (Lipinski definition) is 8.